The summed E-state index contributed by atoms with van der Waals surface area (Å²) in [5, 5.41) is 11.5. The van der Waals surface area contributed by atoms with E-state index in [2.05, 4.69) is 15.5 Å². The second kappa shape index (κ2) is 7.68. The molecule has 0 radical (unpaired) electrons. The lowest BCUT2D eigenvalue weighted by atomic mass is 9.95. The van der Waals surface area contributed by atoms with Crippen molar-refractivity contribution in [1.29, 1.82) is 0 Å². The van der Waals surface area contributed by atoms with E-state index in [1.165, 1.54) is 0 Å². The third-order valence-electron chi connectivity index (χ3n) is 3.66. The second-order valence-electron chi connectivity index (χ2n) is 5.47. The first-order chi connectivity index (χ1) is 12.0. The smallest absolute Gasteiger partial charge is 0.225 e. The number of aryl methyl sites for hydroxylation is 1. The van der Waals surface area contributed by atoms with Gasteiger partial charge in [-0.25, -0.2) is 0 Å². The Morgan fingerprint density at radius 2 is 1.76 bits per heavy atom. The lowest BCUT2D eigenvalue weighted by Gasteiger charge is -2.14. The Morgan fingerprint density at radius 1 is 1.08 bits per heavy atom. The van der Waals surface area contributed by atoms with E-state index < -0.39 is 0 Å². The zero-order chi connectivity index (χ0) is 17.8. The number of para-hydroxylation sites is 1. The van der Waals surface area contributed by atoms with Crippen LogP contribution in [-0.2, 0) is 4.79 Å². The molecule has 25 heavy (non-hydrogen) atoms. The molecule has 1 N–H and O–H groups in total. The fourth-order valence-corrected chi connectivity index (χ4v) is 2.97. The first kappa shape index (κ1) is 17.5. The normalized spacial score (nSPS) is 12.0. The summed E-state index contributed by atoms with van der Waals surface area (Å²) >= 11 is 12.2. The van der Waals surface area contributed by atoms with Crippen molar-refractivity contribution >= 4 is 34.8 Å². The van der Waals surface area contributed by atoms with Gasteiger partial charge in [0.2, 0.25) is 17.7 Å². The molecule has 1 heterocycles. The van der Waals surface area contributed by atoms with E-state index in [4.69, 9.17) is 27.6 Å². The number of halogens is 2. The van der Waals surface area contributed by atoms with E-state index in [1.54, 1.807) is 25.1 Å². The molecule has 2 aromatic carbocycles. The predicted octanol–water partition coefficient (Wildman–Crippen LogP) is 4.85. The van der Waals surface area contributed by atoms with Gasteiger partial charge in [0.05, 0.1) is 21.7 Å². The molecule has 0 aliphatic rings. The number of rotatable bonds is 5. The lowest BCUT2D eigenvalue weighted by Crippen LogP contribution is -2.17. The molecule has 3 rings (SSSR count). The number of hydrogen-bond donors (Lipinski definition) is 1. The molecule has 0 aliphatic heterocycles. The van der Waals surface area contributed by atoms with Crippen molar-refractivity contribution in [3.05, 3.63) is 75.9 Å². The van der Waals surface area contributed by atoms with Crippen LogP contribution in [0.1, 0.15) is 29.7 Å². The van der Waals surface area contributed by atoms with Gasteiger partial charge in [0.15, 0.2) is 0 Å². The van der Waals surface area contributed by atoms with Crippen LogP contribution in [0.2, 0.25) is 10.0 Å². The molecule has 0 bridgehead atoms. The van der Waals surface area contributed by atoms with Crippen LogP contribution in [0, 0.1) is 6.92 Å². The van der Waals surface area contributed by atoms with Gasteiger partial charge < -0.3 is 9.73 Å². The van der Waals surface area contributed by atoms with Crippen LogP contribution in [0.25, 0.3) is 0 Å². The molecule has 1 atom stereocenters. The zero-order valence-electron chi connectivity index (χ0n) is 13.4. The van der Waals surface area contributed by atoms with Gasteiger partial charge in [-0.2, -0.15) is 0 Å². The minimum atomic E-state index is -0.358. The number of aromatic nitrogens is 2. The number of carbonyl (C=O) groups excluding carboxylic acids is 1. The molecule has 1 aromatic heterocycles. The summed E-state index contributed by atoms with van der Waals surface area (Å²) in [4.78, 5) is 12.6. The standard InChI is InChI=1S/C18H15Cl2N3O2/c1-11-22-23-18(25-11)13(12-6-3-2-4-7-12)10-16(24)21-17-14(19)8-5-9-15(17)20/h2-9,13H,10H2,1H3,(H,21,24). The SMILES string of the molecule is Cc1nnc(C(CC(=O)Nc2c(Cl)cccc2Cl)c2ccccc2)o1. The first-order valence-electron chi connectivity index (χ1n) is 7.63. The van der Waals surface area contributed by atoms with Gasteiger partial charge in [0.1, 0.15) is 0 Å². The Kier molecular flexibility index (Phi) is 5.36. The number of anilines is 1. The first-order valence-corrected chi connectivity index (χ1v) is 8.39. The van der Waals surface area contributed by atoms with Gasteiger partial charge in [-0.15, -0.1) is 10.2 Å². The van der Waals surface area contributed by atoms with Crippen LogP contribution in [0.15, 0.2) is 52.9 Å². The predicted molar refractivity (Wildman–Crippen MR) is 97.0 cm³/mol. The molecule has 3 aromatic rings. The maximum absolute atomic E-state index is 12.6. The highest BCUT2D eigenvalue weighted by molar-refractivity contribution is 6.39. The van der Waals surface area contributed by atoms with E-state index in [0.29, 0.717) is 27.5 Å². The van der Waals surface area contributed by atoms with Gasteiger partial charge in [0, 0.05) is 13.3 Å². The summed E-state index contributed by atoms with van der Waals surface area (Å²) in [6, 6.07) is 14.6. The molecule has 0 saturated carbocycles. The molecule has 0 spiro atoms. The Bertz CT molecular complexity index is 861. The minimum Gasteiger partial charge on any atom is -0.425 e. The summed E-state index contributed by atoms with van der Waals surface area (Å²) in [5.74, 6) is 0.234. The summed E-state index contributed by atoms with van der Waals surface area (Å²) < 4.78 is 5.54. The maximum Gasteiger partial charge on any atom is 0.225 e. The Hall–Kier alpha value is -2.37. The average Bonchev–Trinajstić information content (AvgIpc) is 3.03. The van der Waals surface area contributed by atoms with Crippen LogP contribution < -0.4 is 5.32 Å². The topological polar surface area (TPSA) is 68.0 Å². The fraction of sp³-hybridized carbons (Fsp3) is 0.167. The van der Waals surface area contributed by atoms with Crippen LogP contribution in [-0.4, -0.2) is 16.1 Å². The second-order valence-corrected chi connectivity index (χ2v) is 6.29. The Balaban J connectivity index is 1.84. The number of amides is 1. The third-order valence-corrected chi connectivity index (χ3v) is 4.29. The minimum absolute atomic E-state index is 0.118. The highest BCUT2D eigenvalue weighted by Crippen LogP contribution is 2.32. The molecule has 128 valence electrons. The van der Waals surface area contributed by atoms with Crippen molar-refractivity contribution in [2.45, 2.75) is 19.3 Å². The average molecular weight is 376 g/mol. The van der Waals surface area contributed by atoms with E-state index in [0.717, 1.165) is 5.56 Å². The molecule has 0 fully saturated rings. The van der Waals surface area contributed by atoms with Crippen molar-refractivity contribution in [3.63, 3.8) is 0 Å². The van der Waals surface area contributed by atoms with E-state index in [9.17, 15) is 4.79 Å². The Labute approximate surface area is 155 Å². The van der Waals surface area contributed by atoms with Crippen LogP contribution >= 0.6 is 23.2 Å². The summed E-state index contributed by atoms with van der Waals surface area (Å²) in [5.41, 5.74) is 1.30. The number of nitrogens with zero attached hydrogens (tertiary/aromatic N) is 2. The summed E-state index contributed by atoms with van der Waals surface area (Å²) in [6.07, 6.45) is 0.118. The highest BCUT2D eigenvalue weighted by Gasteiger charge is 2.24. The van der Waals surface area contributed by atoms with Crippen molar-refractivity contribution in [1.82, 2.24) is 10.2 Å². The largest absolute Gasteiger partial charge is 0.425 e. The van der Waals surface area contributed by atoms with Gasteiger partial charge in [-0.3, -0.25) is 4.79 Å². The van der Waals surface area contributed by atoms with Gasteiger partial charge in [-0.05, 0) is 17.7 Å². The monoisotopic (exact) mass is 375 g/mol. The number of carbonyl (C=O) groups is 1. The molecule has 1 unspecified atom stereocenters. The van der Waals surface area contributed by atoms with Crippen LogP contribution in [0.3, 0.4) is 0 Å². The fourth-order valence-electron chi connectivity index (χ4n) is 2.48. The molecule has 1 amide bonds. The Morgan fingerprint density at radius 3 is 2.36 bits per heavy atom. The molecule has 0 saturated heterocycles. The van der Waals surface area contributed by atoms with E-state index in [1.807, 2.05) is 30.3 Å². The molecule has 5 nitrogen and oxygen atoms in total. The van der Waals surface area contributed by atoms with Crippen LogP contribution in [0.4, 0.5) is 5.69 Å². The van der Waals surface area contributed by atoms with E-state index in [-0.39, 0.29) is 18.2 Å². The molecule has 0 aliphatic carbocycles. The van der Waals surface area contributed by atoms with Crippen molar-refractivity contribution in [2.75, 3.05) is 5.32 Å². The van der Waals surface area contributed by atoms with Crippen molar-refractivity contribution < 1.29 is 9.21 Å². The molecular weight excluding hydrogens is 361 g/mol. The van der Waals surface area contributed by atoms with Gasteiger partial charge in [-0.1, -0.05) is 59.6 Å². The number of benzene rings is 2. The highest BCUT2D eigenvalue weighted by atomic mass is 35.5. The van der Waals surface area contributed by atoms with Crippen molar-refractivity contribution in [3.8, 4) is 0 Å². The molecule has 7 heteroatoms. The third kappa shape index (κ3) is 4.18. The molecular formula is C18H15Cl2N3O2. The quantitative estimate of drug-likeness (QED) is 0.692. The maximum atomic E-state index is 12.6. The number of nitrogens with one attached hydrogen (secondary N) is 1. The van der Waals surface area contributed by atoms with Crippen molar-refractivity contribution in [2.24, 2.45) is 0 Å². The zero-order valence-corrected chi connectivity index (χ0v) is 14.9. The summed E-state index contributed by atoms with van der Waals surface area (Å²) in [6.45, 7) is 1.71. The summed E-state index contributed by atoms with van der Waals surface area (Å²) in [7, 11) is 0. The van der Waals surface area contributed by atoms with Crippen LogP contribution in [0.5, 0.6) is 0 Å². The van der Waals surface area contributed by atoms with E-state index >= 15 is 0 Å². The number of hydrogen-bond acceptors (Lipinski definition) is 4. The van der Waals surface area contributed by atoms with Gasteiger partial charge in [0.25, 0.3) is 0 Å². The lowest BCUT2D eigenvalue weighted by molar-refractivity contribution is -0.116. The van der Waals surface area contributed by atoms with Gasteiger partial charge >= 0.3 is 0 Å².